The van der Waals surface area contributed by atoms with Gasteiger partial charge in [-0.1, -0.05) is 30.7 Å². The summed E-state index contributed by atoms with van der Waals surface area (Å²) in [4.78, 5) is 15.1. The highest BCUT2D eigenvalue weighted by molar-refractivity contribution is 5.97. The lowest BCUT2D eigenvalue weighted by Gasteiger charge is -2.25. The number of hydrogen-bond acceptors (Lipinski definition) is 3. The number of ether oxygens (including phenoxy) is 2. The molecule has 4 rings (SSSR count). The van der Waals surface area contributed by atoms with Gasteiger partial charge >= 0.3 is 0 Å². The first kappa shape index (κ1) is 17.9. The predicted octanol–water partition coefficient (Wildman–Crippen LogP) is 4.68. The molecule has 0 radical (unpaired) electrons. The van der Waals surface area contributed by atoms with Crippen molar-refractivity contribution in [2.75, 3.05) is 13.7 Å². The molecule has 2 aromatic rings. The standard InChI is InChI=1S/C23H27NO3/c1-26-22-8-3-2-7-21(22)23(25)24(19-11-12-19)15-17-9-13-20(14-10-17)27-16-18-5-4-6-18/h2-3,7-10,13-14,18-19H,4-6,11-12,15-16H2,1H3. The molecule has 0 aromatic heterocycles. The van der Waals surface area contributed by atoms with Gasteiger partial charge in [0, 0.05) is 12.6 Å². The minimum absolute atomic E-state index is 0.0419. The monoisotopic (exact) mass is 365 g/mol. The molecular formula is C23H27NO3. The van der Waals surface area contributed by atoms with Gasteiger partial charge in [-0.15, -0.1) is 0 Å². The van der Waals surface area contributed by atoms with Gasteiger partial charge in [-0.2, -0.15) is 0 Å². The Morgan fingerprint density at radius 2 is 1.78 bits per heavy atom. The lowest BCUT2D eigenvalue weighted by Crippen LogP contribution is -2.32. The number of amides is 1. The average molecular weight is 365 g/mol. The van der Waals surface area contributed by atoms with Gasteiger partial charge in [0.25, 0.3) is 5.91 Å². The van der Waals surface area contributed by atoms with Gasteiger partial charge in [0.05, 0.1) is 19.3 Å². The van der Waals surface area contributed by atoms with E-state index in [-0.39, 0.29) is 5.91 Å². The number of para-hydroxylation sites is 1. The zero-order chi connectivity index (χ0) is 18.6. The summed E-state index contributed by atoms with van der Waals surface area (Å²) < 4.78 is 11.3. The Labute approximate surface area is 161 Å². The van der Waals surface area contributed by atoms with Gasteiger partial charge in [0.2, 0.25) is 0 Å². The van der Waals surface area contributed by atoms with Gasteiger partial charge in [0.1, 0.15) is 11.5 Å². The second-order valence-corrected chi connectivity index (χ2v) is 7.62. The normalized spacial score (nSPS) is 16.5. The maximum absolute atomic E-state index is 13.1. The number of carbonyl (C=O) groups is 1. The van der Waals surface area contributed by atoms with Crippen LogP contribution in [0.15, 0.2) is 48.5 Å². The molecule has 2 aliphatic carbocycles. The van der Waals surface area contributed by atoms with Crippen molar-refractivity contribution in [1.82, 2.24) is 4.90 Å². The number of rotatable bonds is 8. The van der Waals surface area contributed by atoms with Crippen molar-refractivity contribution in [3.05, 3.63) is 59.7 Å². The van der Waals surface area contributed by atoms with E-state index >= 15 is 0 Å². The highest BCUT2D eigenvalue weighted by atomic mass is 16.5. The van der Waals surface area contributed by atoms with E-state index in [1.165, 1.54) is 19.3 Å². The van der Waals surface area contributed by atoms with Crippen LogP contribution in [0.25, 0.3) is 0 Å². The molecule has 4 nitrogen and oxygen atoms in total. The lowest BCUT2D eigenvalue weighted by atomic mass is 9.86. The summed E-state index contributed by atoms with van der Waals surface area (Å²) in [6, 6.07) is 16.0. The van der Waals surface area contributed by atoms with Crippen LogP contribution in [0.4, 0.5) is 0 Å². The van der Waals surface area contributed by atoms with Crippen LogP contribution in [0.3, 0.4) is 0 Å². The predicted molar refractivity (Wildman–Crippen MR) is 105 cm³/mol. The van der Waals surface area contributed by atoms with Gasteiger partial charge in [-0.3, -0.25) is 4.79 Å². The van der Waals surface area contributed by atoms with Crippen LogP contribution in [-0.4, -0.2) is 30.6 Å². The summed E-state index contributed by atoms with van der Waals surface area (Å²) in [5.74, 6) is 2.32. The minimum atomic E-state index is 0.0419. The summed E-state index contributed by atoms with van der Waals surface area (Å²) in [6.07, 6.45) is 6.07. The quantitative estimate of drug-likeness (QED) is 0.682. The fraction of sp³-hybridized carbons (Fsp3) is 0.435. The molecule has 2 fully saturated rings. The van der Waals surface area contributed by atoms with E-state index in [1.807, 2.05) is 41.3 Å². The van der Waals surface area contributed by atoms with Crippen molar-refractivity contribution >= 4 is 5.91 Å². The first-order chi connectivity index (χ1) is 13.2. The Morgan fingerprint density at radius 3 is 2.41 bits per heavy atom. The molecule has 0 saturated heterocycles. The first-order valence-corrected chi connectivity index (χ1v) is 9.90. The Kier molecular flexibility index (Phi) is 5.33. The molecular weight excluding hydrogens is 338 g/mol. The molecule has 0 bridgehead atoms. The van der Waals surface area contributed by atoms with Crippen molar-refractivity contribution in [2.24, 2.45) is 5.92 Å². The molecule has 0 aliphatic heterocycles. The van der Waals surface area contributed by atoms with Crippen LogP contribution >= 0.6 is 0 Å². The molecule has 2 saturated carbocycles. The van der Waals surface area contributed by atoms with Crippen molar-refractivity contribution in [1.29, 1.82) is 0 Å². The van der Waals surface area contributed by atoms with Crippen molar-refractivity contribution in [3.8, 4) is 11.5 Å². The van der Waals surface area contributed by atoms with Crippen LogP contribution < -0.4 is 9.47 Å². The zero-order valence-electron chi connectivity index (χ0n) is 15.9. The number of hydrogen-bond donors (Lipinski definition) is 0. The molecule has 0 atom stereocenters. The van der Waals surface area contributed by atoms with Crippen molar-refractivity contribution < 1.29 is 14.3 Å². The van der Waals surface area contributed by atoms with Crippen LogP contribution in [0.1, 0.15) is 48.0 Å². The lowest BCUT2D eigenvalue weighted by molar-refractivity contribution is 0.0726. The van der Waals surface area contributed by atoms with Gasteiger partial charge in [0.15, 0.2) is 0 Å². The molecule has 2 aliphatic rings. The van der Waals surface area contributed by atoms with Gasteiger partial charge in [-0.05, 0) is 61.4 Å². The van der Waals surface area contributed by atoms with Crippen LogP contribution in [0.2, 0.25) is 0 Å². The second-order valence-electron chi connectivity index (χ2n) is 7.62. The Hall–Kier alpha value is -2.49. The van der Waals surface area contributed by atoms with Crippen LogP contribution in [0, 0.1) is 5.92 Å². The number of methoxy groups -OCH3 is 1. The van der Waals surface area contributed by atoms with E-state index in [1.54, 1.807) is 7.11 Å². The van der Waals surface area contributed by atoms with Crippen molar-refractivity contribution in [3.63, 3.8) is 0 Å². The second kappa shape index (κ2) is 8.03. The summed E-state index contributed by atoms with van der Waals surface area (Å²) in [5, 5.41) is 0. The fourth-order valence-corrected chi connectivity index (χ4v) is 3.49. The molecule has 142 valence electrons. The third kappa shape index (κ3) is 4.26. The molecule has 0 heterocycles. The third-order valence-corrected chi connectivity index (χ3v) is 5.57. The summed E-state index contributed by atoms with van der Waals surface area (Å²) in [5.41, 5.74) is 1.76. The highest BCUT2D eigenvalue weighted by Crippen LogP contribution is 2.32. The maximum atomic E-state index is 13.1. The highest BCUT2D eigenvalue weighted by Gasteiger charge is 2.34. The molecule has 27 heavy (non-hydrogen) atoms. The fourth-order valence-electron chi connectivity index (χ4n) is 3.49. The molecule has 0 unspecified atom stereocenters. The molecule has 2 aromatic carbocycles. The summed E-state index contributed by atoms with van der Waals surface area (Å²) in [7, 11) is 1.61. The summed E-state index contributed by atoms with van der Waals surface area (Å²) >= 11 is 0. The minimum Gasteiger partial charge on any atom is -0.496 e. The smallest absolute Gasteiger partial charge is 0.258 e. The number of nitrogens with zero attached hydrogens (tertiary/aromatic N) is 1. The Balaban J connectivity index is 1.43. The first-order valence-electron chi connectivity index (χ1n) is 9.90. The van der Waals surface area contributed by atoms with E-state index in [9.17, 15) is 4.79 Å². The molecule has 1 amide bonds. The largest absolute Gasteiger partial charge is 0.496 e. The topological polar surface area (TPSA) is 38.8 Å². The number of carbonyl (C=O) groups excluding carboxylic acids is 1. The third-order valence-electron chi connectivity index (χ3n) is 5.57. The average Bonchev–Trinajstić information content (AvgIpc) is 3.50. The van der Waals surface area contributed by atoms with E-state index < -0.39 is 0 Å². The van der Waals surface area contributed by atoms with E-state index in [0.29, 0.717) is 23.9 Å². The Bertz CT molecular complexity index is 778. The summed E-state index contributed by atoms with van der Waals surface area (Å²) in [6.45, 7) is 1.43. The van der Waals surface area contributed by atoms with E-state index in [0.717, 1.165) is 36.7 Å². The van der Waals surface area contributed by atoms with Gasteiger partial charge in [-0.25, -0.2) is 0 Å². The van der Waals surface area contributed by atoms with Crippen LogP contribution in [0.5, 0.6) is 11.5 Å². The van der Waals surface area contributed by atoms with Crippen LogP contribution in [-0.2, 0) is 6.54 Å². The van der Waals surface area contributed by atoms with Gasteiger partial charge < -0.3 is 14.4 Å². The SMILES string of the molecule is COc1ccccc1C(=O)N(Cc1ccc(OCC2CCC2)cc1)C1CC1. The number of benzene rings is 2. The zero-order valence-corrected chi connectivity index (χ0v) is 15.9. The molecule has 0 spiro atoms. The molecule has 0 N–H and O–H groups in total. The van der Waals surface area contributed by atoms with Crippen molar-refractivity contribution in [2.45, 2.75) is 44.7 Å². The Morgan fingerprint density at radius 1 is 1.04 bits per heavy atom. The molecule has 4 heteroatoms. The van der Waals surface area contributed by atoms with E-state index in [4.69, 9.17) is 9.47 Å². The maximum Gasteiger partial charge on any atom is 0.258 e. The van der Waals surface area contributed by atoms with E-state index in [2.05, 4.69) is 12.1 Å².